The largest absolute Gasteiger partial charge is 0.487 e. The number of alkyl halides is 3. The third-order valence-corrected chi connectivity index (χ3v) is 6.91. The summed E-state index contributed by atoms with van der Waals surface area (Å²) in [5.74, 6) is -0.930. The van der Waals surface area contributed by atoms with Crippen LogP contribution in [0.15, 0.2) is 48.8 Å². The fraction of sp³-hybridized carbons (Fsp3) is 0.407. The molecule has 1 aliphatic rings. The Bertz CT molecular complexity index is 1440. The number of tetrazole rings is 1. The van der Waals surface area contributed by atoms with Gasteiger partial charge >= 0.3 is 12.2 Å². The van der Waals surface area contributed by atoms with E-state index >= 15 is 0 Å². The van der Waals surface area contributed by atoms with Crippen LogP contribution in [0.4, 0.5) is 29.3 Å². The molecule has 0 aliphatic carbocycles. The third kappa shape index (κ3) is 7.77. The predicted molar refractivity (Wildman–Crippen MR) is 147 cm³/mol. The van der Waals surface area contributed by atoms with Gasteiger partial charge in [0.1, 0.15) is 24.7 Å². The summed E-state index contributed by atoms with van der Waals surface area (Å²) in [6, 6.07) is 7.54. The second kappa shape index (κ2) is 13.1. The maximum atomic E-state index is 13.6. The van der Waals surface area contributed by atoms with Crippen molar-refractivity contribution in [1.82, 2.24) is 30.0 Å². The molecule has 16 heteroatoms. The van der Waals surface area contributed by atoms with E-state index < -0.39 is 41.7 Å². The van der Waals surface area contributed by atoms with Crippen LogP contribution in [0.5, 0.6) is 5.75 Å². The molecule has 2 heterocycles. The predicted octanol–water partition coefficient (Wildman–Crippen LogP) is 2.71. The quantitative estimate of drug-likeness (QED) is 0.355. The number of fused-ring (bicyclic) bond motifs is 1. The Morgan fingerprint density at radius 2 is 1.86 bits per heavy atom. The maximum Gasteiger partial charge on any atom is 0.416 e. The third-order valence-electron chi connectivity index (χ3n) is 6.91. The summed E-state index contributed by atoms with van der Waals surface area (Å²) in [7, 11) is 1.51. The standard InChI is InChI=1S/C27H31F3N8O5/c1-16-11-38(17(2)14-39)25(41)21-10-20(32-24(40)13-37-15-31-34-35-37)8-9-22(21)43-23(16)12-36(3)26(42)33-19-6-4-18(5-7-19)27(28,29)30/h4-10,15-17,23,39H,11-14H2,1-3H3,(H,32,40)(H,33,42)/t16-,17+,23-/m0/s1. The SMILES string of the molecule is C[C@H](CO)N1C[C@H](C)[C@H](CN(C)C(=O)Nc2ccc(C(F)(F)F)cc2)Oc2ccc(NC(=O)Cn3cnnn3)cc2C1=O. The number of carbonyl (C=O) groups excluding carboxylic acids is 3. The smallest absolute Gasteiger partial charge is 0.416 e. The highest BCUT2D eigenvalue weighted by Crippen LogP contribution is 2.32. The van der Waals surface area contributed by atoms with Gasteiger partial charge in [-0.1, -0.05) is 6.92 Å². The van der Waals surface area contributed by atoms with Gasteiger partial charge < -0.3 is 30.3 Å². The first-order valence-electron chi connectivity index (χ1n) is 13.3. The van der Waals surface area contributed by atoms with E-state index in [1.54, 1.807) is 13.0 Å². The van der Waals surface area contributed by atoms with Crippen molar-refractivity contribution in [3.63, 3.8) is 0 Å². The highest BCUT2D eigenvalue weighted by Gasteiger charge is 2.34. The molecule has 3 N–H and O–H groups in total. The molecule has 13 nitrogen and oxygen atoms in total. The molecule has 230 valence electrons. The highest BCUT2D eigenvalue weighted by molar-refractivity contribution is 6.00. The second-order valence-electron chi connectivity index (χ2n) is 10.3. The van der Waals surface area contributed by atoms with Gasteiger partial charge in [0, 0.05) is 30.9 Å². The first kappa shape index (κ1) is 31.2. The van der Waals surface area contributed by atoms with Crippen molar-refractivity contribution in [2.75, 3.05) is 37.4 Å². The topological polar surface area (TPSA) is 155 Å². The lowest BCUT2D eigenvalue weighted by Crippen LogP contribution is -2.50. The van der Waals surface area contributed by atoms with Crippen molar-refractivity contribution >= 4 is 29.2 Å². The molecule has 0 bridgehead atoms. The van der Waals surface area contributed by atoms with Crippen LogP contribution in [0.3, 0.4) is 0 Å². The number of nitrogens with zero attached hydrogens (tertiary/aromatic N) is 6. The van der Waals surface area contributed by atoms with E-state index in [0.717, 1.165) is 12.1 Å². The summed E-state index contributed by atoms with van der Waals surface area (Å²) in [5, 5.41) is 25.7. The van der Waals surface area contributed by atoms with Crippen LogP contribution in [0.25, 0.3) is 0 Å². The molecule has 0 spiro atoms. The van der Waals surface area contributed by atoms with E-state index in [9.17, 15) is 32.7 Å². The number of amides is 4. The summed E-state index contributed by atoms with van der Waals surface area (Å²) in [6.07, 6.45) is -3.83. The highest BCUT2D eigenvalue weighted by atomic mass is 19.4. The number of urea groups is 1. The fourth-order valence-electron chi connectivity index (χ4n) is 4.43. The minimum absolute atomic E-state index is 0.0625. The summed E-state index contributed by atoms with van der Waals surface area (Å²) in [6.45, 7) is 3.35. The van der Waals surface area contributed by atoms with E-state index in [-0.39, 0.29) is 49.2 Å². The molecule has 4 amide bonds. The molecule has 4 rings (SSSR count). The summed E-state index contributed by atoms with van der Waals surface area (Å²) < 4.78 is 46.1. The lowest BCUT2D eigenvalue weighted by atomic mass is 9.99. The fourth-order valence-corrected chi connectivity index (χ4v) is 4.43. The number of anilines is 2. The number of hydrogen-bond donors (Lipinski definition) is 3. The first-order chi connectivity index (χ1) is 20.3. The number of carbonyl (C=O) groups is 3. The Kier molecular flexibility index (Phi) is 9.48. The minimum atomic E-state index is -4.49. The zero-order valence-electron chi connectivity index (χ0n) is 23.6. The lowest BCUT2D eigenvalue weighted by Gasteiger charge is -2.38. The van der Waals surface area contributed by atoms with Gasteiger partial charge in [-0.25, -0.2) is 9.48 Å². The van der Waals surface area contributed by atoms with Gasteiger partial charge in [0.15, 0.2) is 0 Å². The maximum absolute atomic E-state index is 13.6. The number of benzene rings is 2. The van der Waals surface area contributed by atoms with Crippen LogP contribution in [0, 0.1) is 5.92 Å². The van der Waals surface area contributed by atoms with Crippen molar-refractivity contribution in [2.45, 2.75) is 38.7 Å². The molecule has 0 radical (unpaired) electrons. The van der Waals surface area contributed by atoms with Crippen molar-refractivity contribution in [1.29, 1.82) is 0 Å². The molecule has 0 saturated carbocycles. The zero-order chi connectivity index (χ0) is 31.3. The zero-order valence-corrected chi connectivity index (χ0v) is 23.6. The number of nitrogens with one attached hydrogen (secondary N) is 2. The van der Waals surface area contributed by atoms with Crippen molar-refractivity contribution < 1.29 is 37.4 Å². The minimum Gasteiger partial charge on any atom is -0.487 e. The van der Waals surface area contributed by atoms with Crippen LogP contribution >= 0.6 is 0 Å². The van der Waals surface area contributed by atoms with Gasteiger partial charge in [-0.2, -0.15) is 13.2 Å². The number of aliphatic hydroxyl groups is 1. The van der Waals surface area contributed by atoms with Crippen LogP contribution in [0.1, 0.15) is 29.8 Å². The van der Waals surface area contributed by atoms with Gasteiger partial charge in [0.05, 0.1) is 30.3 Å². The van der Waals surface area contributed by atoms with Crippen molar-refractivity contribution in [3.05, 3.63) is 59.9 Å². The summed E-state index contributed by atoms with van der Waals surface area (Å²) >= 11 is 0. The van der Waals surface area contributed by atoms with Crippen LogP contribution in [-0.4, -0.2) is 91.8 Å². The average molecular weight is 605 g/mol. The molecule has 3 aromatic rings. The van der Waals surface area contributed by atoms with E-state index in [2.05, 4.69) is 26.2 Å². The Labute approximate surface area is 244 Å². The van der Waals surface area contributed by atoms with Gasteiger partial charge in [-0.05, 0) is 59.8 Å². The molecule has 1 aliphatic heterocycles. The molecular weight excluding hydrogens is 573 g/mol. The van der Waals surface area contributed by atoms with Gasteiger partial charge in [0.2, 0.25) is 5.91 Å². The molecular formula is C27H31F3N8O5. The number of rotatable bonds is 8. The van der Waals surface area contributed by atoms with E-state index in [1.165, 1.54) is 52.1 Å². The normalized spacial score (nSPS) is 17.7. The number of ether oxygens (including phenoxy) is 1. The molecule has 0 unspecified atom stereocenters. The van der Waals surface area contributed by atoms with Gasteiger partial charge in [-0.3, -0.25) is 9.59 Å². The average Bonchev–Trinajstić information content (AvgIpc) is 3.47. The van der Waals surface area contributed by atoms with Crippen LogP contribution in [0.2, 0.25) is 0 Å². The van der Waals surface area contributed by atoms with E-state index in [0.29, 0.717) is 5.69 Å². The Balaban J connectivity index is 1.52. The van der Waals surface area contributed by atoms with E-state index in [4.69, 9.17) is 4.74 Å². The Hall–Kier alpha value is -4.73. The lowest BCUT2D eigenvalue weighted by molar-refractivity contribution is -0.137. The number of halogens is 3. The summed E-state index contributed by atoms with van der Waals surface area (Å²) in [4.78, 5) is 41.8. The van der Waals surface area contributed by atoms with Gasteiger partial charge in [-0.15, -0.1) is 5.10 Å². The summed E-state index contributed by atoms with van der Waals surface area (Å²) in [5.41, 5.74) is -0.177. The molecule has 0 fully saturated rings. The first-order valence-corrected chi connectivity index (χ1v) is 13.3. The number of aliphatic hydroxyl groups excluding tert-OH is 1. The van der Waals surface area contributed by atoms with E-state index in [1.807, 2.05) is 6.92 Å². The van der Waals surface area contributed by atoms with Crippen LogP contribution < -0.4 is 15.4 Å². The number of aromatic nitrogens is 4. The molecule has 1 aromatic heterocycles. The number of likely N-dealkylation sites (N-methyl/N-ethyl adjacent to an activating group) is 1. The van der Waals surface area contributed by atoms with Crippen molar-refractivity contribution in [3.8, 4) is 5.75 Å². The molecule has 3 atom stereocenters. The Morgan fingerprint density at radius 3 is 2.49 bits per heavy atom. The van der Waals surface area contributed by atoms with Gasteiger partial charge in [0.25, 0.3) is 5.91 Å². The van der Waals surface area contributed by atoms with Crippen molar-refractivity contribution in [2.24, 2.45) is 5.92 Å². The second-order valence-corrected chi connectivity index (χ2v) is 10.3. The monoisotopic (exact) mass is 604 g/mol. The Morgan fingerprint density at radius 1 is 1.16 bits per heavy atom. The van der Waals surface area contributed by atoms with Crippen LogP contribution in [-0.2, 0) is 17.5 Å². The molecule has 0 saturated heterocycles. The number of hydrogen-bond acceptors (Lipinski definition) is 8. The molecule has 43 heavy (non-hydrogen) atoms. The molecule has 2 aromatic carbocycles.